The quantitative estimate of drug-likeness (QED) is 0.379. The Morgan fingerprint density at radius 3 is 2.76 bits per heavy atom. The lowest BCUT2D eigenvalue weighted by Crippen LogP contribution is -2.43. The van der Waals surface area contributed by atoms with Crippen molar-refractivity contribution in [3.63, 3.8) is 0 Å². The Balaban J connectivity index is 1.16. The third-order valence-corrected chi connectivity index (χ3v) is 6.65. The molecule has 0 bridgehead atoms. The van der Waals surface area contributed by atoms with E-state index in [1.807, 2.05) is 24.3 Å². The smallest absolute Gasteiger partial charge is 0.135 e. The summed E-state index contributed by atoms with van der Waals surface area (Å²) in [5, 5.41) is 15.8. The van der Waals surface area contributed by atoms with E-state index in [9.17, 15) is 13.9 Å². The Morgan fingerprint density at radius 1 is 1.15 bits per heavy atom. The van der Waals surface area contributed by atoms with Crippen molar-refractivity contribution in [1.29, 1.82) is 0 Å². The van der Waals surface area contributed by atoms with Crippen LogP contribution in [0.2, 0.25) is 0 Å². The number of fused-ring (bicyclic) bond motifs is 2. The number of methoxy groups -OCH3 is 1. The summed E-state index contributed by atoms with van der Waals surface area (Å²) in [7, 11) is 1.63. The number of hydrogen-bond acceptors (Lipinski definition) is 5. The molecule has 0 aliphatic carbocycles. The van der Waals surface area contributed by atoms with E-state index in [1.165, 1.54) is 6.07 Å². The first-order chi connectivity index (χ1) is 16.5. The monoisotopic (exact) mass is 466 g/mol. The van der Waals surface area contributed by atoms with Crippen LogP contribution < -0.4 is 10.1 Å². The van der Waals surface area contributed by atoms with Gasteiger partial charge in [0.15, 0.2) is 0 Å². The van der Waals surface area contributed by atoms with Crippen LogP contribution in [0.25, 0.3) is 21.8 Å². The fraction of sp³-hybridized carbons (Fsp3) is 0.346. The van der Waals surface area contributed by atoms with E-state index in [2.05, 4.69) is 20.2 Å². The molecule has 0 radical (unpaired) electrons. The molecule has 2 aromatic heterocycles. The Hall–Kier alpha value is -3.07. The minimum absolute atomic E-state index is 0.326. The highest BCUT2D eigenvalue weighted by atomic mass is 19.1. The van der Waals surface area contributed by atoms with Gasteiger partial charge in [-0.3, -0.25) is 4.98 Å². The number of likely N-dealkylation sites (tertiary alicyclic amines) is 1. The molecular weight excluding hydrogens is 438 g/mol. The van der Waals surface area contributed by atoms with Crippen LogP contribution in [0.3, 0.4) is 0 Å². The lowest BCUT2D eigenvalue weighted by molar-refractivity contribution is 0.0948. The number of aromatic nitrogens is 2. The number of nitrogens with one attached hydrogen (secondary N) is 2. The second-order valence-corrected chi connectivity index (χ2v) is 8.90. The molecule has 1 saturated heterocycles. The van der Waals surface area contributed by atoms with Crippen molar-refractivity contribution in [2.45, 2.75) is 31.5 Å². The molecule has 1 aliphatic heterocycles. The maximum absolute atomic E-state index is 13.9. The van der Waals surface area contributed by atoms with Crippen LogP contribution in [0, 0.1) is 11.6 Å². The summed E-state index contributed by atoms with van der Waals surface area (Å²) in [6.07, 6.45) is 3.00. The third kappa shape index (κ3) is 4.75. The van der Waals surface area contributed by atoms with E-state index in [4.69, 9.17) is 4.74 Å². The number of nitrogens with zero attached hydrogens (tertiary/aromatic N) is 2. The molecule has 1 aliphatic rings. The first-order valence-electron chi connectivity index (χ1n) is 11.5. The molecule has 3 heterocycles. The molecular formula is C26H28F2N4O2. The van der Waals surface area contributed by atoms with Gasteiger partial charge in [-0.1, -0.05) is 0 Å². The van der Waals surface area contributed by atoms with Crippen molar-refractivity contribution < 1.29 is 18.6 Å². The van der Waals surface area contributed by atoms with Gasteiger partial charge in [0.25, 0.3) is 0 Å². The van der Waals surface area contributed by atoms with E-state index in [0.29, 0.717) is 30.0 Å². The number of pyridine rings is 1. The number of piperidine rings is 1. The van der Waals surface area contributed by atoms with Crippen molar-refractivity contribution in [3.05, 3.63) is 71.6 Å². The van der Waals surface area contributed by atoms with Crippen molar-refractivity contribution in [2.75, 3.05) is 26.7 Å². The summed E-state index contributed by atoms with van der Waals surface area (Å²) >= 11 is 0. The molecule has 0 spiro atoms. The molecule has 0 unspecified atom stereocenters. The second kappa shape index (κ2) is 9.66. The minimum atomic E-state index is -0.622. The second-order valence-electron chi connectivity index (χ2n) is 8.90. The number of hydrogen-bond donors (Lipinski definition) is 3. The van der Waals surface area contributed by atoms with Crippen LogP contribution in [-0.2, 0) is 6.54 Å². The van der Waals surface area contributed by atoms with Crippen molar-refractivity contribution in [2.24, 2.45) is 0 Å². The van der Waals surface area contributed by atoms with Crippen LogP contribution in [0.5, 0.6) is 5.75 Å². The highest BCUT2D eigenvalue weighted by Gasteiger charge is 2.22. The molecule has 1 fully saturated rings. The number of benzene rings is 2. The fourth-order valence-electron chi connectivity index (χ4n) is 4.79. The van der Waals surface area contributed by atoms with Gasteiger partial charge >= 0.3 is 0 Å². The van der Waals surface area contributed by atoms with Crippen molar-refractivity contribution in [1.82, 2.24) is 20.2 Å². The first kappa shape index (κ1) is 22.7. The minimum Gasteiger partial charge on any atom is -0.497 e. The predicted octanol–water partition coefficient (Wildman–Crippen LogP) is 4.29. The maximum Gasteiger partial charge on any atom is 0.135 e. The predicted molar refractivity (Wildman–Crippen MR) is 128 cm³/mol. The van der Waals surface area contributed by atoms with Gasteiger partial charge in [-0.15, -0.1) is 0 Å². The Kier molecular flexibility index (Phi) is 6.45. The lowest BCUT2D eigenvalue weighted by Gasteiger charge is -2.33. The summed E-state index contributed by atoms with van der Waals surface area (Å²) < 4.78 is 32.7. The molecule has 178 valence electrons. The van der Waals surface area contributed by atoms with E-state index < -0.39 is 17.7 Å². The molecule has 2 aromatic carbocycles. The molecule has 1 atom stereocenters. The summed E-state index contributed by atoms with van der Waals surface area (Å²) in [6.45, 7) is 2.85. The zero-order valence-corrected chi connectivity index (χ0v) is 19.0. The number of halogens is 2. The van der Waals surface area contributed by atoms with Crippen LogP contribution in [-0.4, -0.2) is 52.8 Å². The van der Waals surface area contributed by atoms with Gasteiger partial charge in [0, 0.05) is 47.9 Å². The van der Waals surface area contributed by atoms with Crippen LogP contribution in [0.15, 0.2) is 48.7 Å². The largest absolute Gasteiger partial charge is 0.497 e. The Labute approximate surface area is 196 Å². The van der Waals surface area contributed by atoms with Crippen molar-refractivity contribution in [3.8, 4) is 5.75 Å². The van der Waals surface area contributed by atoms with Gasteiger partial charge in [0.2, 0.25) is 0 Å². The van der Waals surface area contributed by atoms with Gasteiger partial charge in [0.1, 0.15) is 17.4 Å². The number of rotatable bonds is 7. The first-order valence-corrected chi connectivity index (χ1v) is 11.5. The maximum atomic E-state index is 13.9. The van der Waals surface area contributed by atoms with E-state index in [0.717, 1.165) is 59.9 Å². The Bertz CT molecular complexity index is 1300. The summed E-state index contributed by atoms with van der Waals surface area (Å²) in [5.41, 5.74) is 2.99. The van der Waals surface area contributed by atoms with Gasteiger partial charge in [-0.2, -0.15) is 0 Å². The standard InChI is InChI=1S/C26H28F2N4O2/c1-34-19-2-3-24-21(13-19)20(4-7-29-24)26(33)15-32-8-5-17(6-9-32)30-14-18-12-22-23(28)10-16(27)11-25(22)31-18/h2-4,7,10-13,17,26,30-31,33H,5-6,8-9,14-15H2,1H3/t26-/m0/s1. The average molecular weight is 467 g/mol. The number of β-amino-alcohol motifs (C(OH)–C–C–N with tert-alkyl or cyclic N) is 1. The molecule has 3 N–H and O–H groups in total. The van der Waals surface area contributed by atoms with Crippen LogP contribution in [0.1, 0.15) is 30.2 Å². The van der Waals surface area contributed by atoms with Gasteiger partial charge in [-0.25, -0.2) is 8.78 Å². The number of H-pyrrole nitrogens is 1. The van der Waals surface area contributed by atoms with Gasteiger partial charge < -0.3 is 25.0 Å². The van der Waals surface area contributed by atoms with E-state index >= 15 is 0 Å². The topological polar surface area (TPSA) is 73.4 Å². The number of ether oxygens (including phenoxy) is 1. The molecule has 5 rings (SSSR count). The Morgan fingerprint density at radius 2 is 1.97 bits per heavy atom. The van der Waals surface area contributed by atoms with E-state index in [-0.39, 0.29) is 0 Å². The SMILES string of the molecule is COc1ccc2nccc([C@@H](O)CN3CCC(NCc4cc5c(F)cc(F)cc5[nH]4)CC3)c2c1. The molecule has 6 nitrogen and oxygen atoms in total. The molecule has 34 heavy (non-hydrogen) atoms. The highest BCUT2D eigenvalue weighted by Crippen LogP contribution is 2.28. The third-order valence-electron chi connectivity index (χ3n) is 6.65. The summed E-state index contributed by atoms with van der Waals surface area (Å²) in [5.74, 6) is -0.395. The molecule has 4 aromatic rings. The van der Waals surface area contributed by atoms with E-state index in [1.54, 1.807) is 19.4 Å². The highest BCUT2D eigenvalue weighted by molar-refractivity contribution is 5.84. The van der Waals surface area contributed by atoms with Crippen molar-refractivity contribution >= 4 is 21.8 Å². The number of aliphatic hydroxyl groups is 1. The zero-order valence-electron chi connectivity index (χ0n) is 19.0. The normalized spacial score (nSPS) is 16.4. The molecule has 0 amide bonds. The molecule has 8 heteroatoms. The van der Waals surface area contributed by atoms with Gasteiger partial charge in [0.05, 0.1) is 24.2 Å². The zero-order chi connectivity index (χ0) is 23.7. The summed E-state index contributed by atoms with van der Waals surface area (Å²) in [4.78, 5) is 9.76. The van der Waals surface area contributed by atoms with Crippen LogP contribution >= 0.6 is 0 Å². The number of aromatic amines is 1. The van der Waals surface area contributed by atoms with Gasteiger partial charge in [-0.05, 0) is 67.9 Å². The lowest BCUT2D eigenvalue weighted by atomic mass is 10.0. The average Bonchev–Trinajstić information content (AvgIpc) is 3.26. The van der Waals surface area contributed by atoms with Crippen LogP contribution in [0.4, 0.5) is 8.78 Å². The fourth-order valence-corrected chi connectivity index (χ4v) is 4.79. The summed E-state index contributed by atoms with van der Waals surface area (Å²) in [6, 6.07) is 11.8. The molecule has 0 saturated carbocycles. The number of aliphatic hydroxyl groups excluding tert-OH is 1.